The monoisotopic (exact) mass is 324 g/mol. The first-order chi connectivity index (χ1) is 11.6. The van der Waals surface area contributed by atoms with Gasteiger partial charge in [-0.15, -0.1) is 0 Å². The largest absolute Gasteiger partial charge is 0.355 e. The molecule has 24 heavy (non-hydrogen) atoms. The van der Waals surface area contributed by atoms with Crippen molar-refractivity contribution >= 4 is 11.8 Å². The number of nitrogens with one attached hydrogen (secondary N) is 2. The predicted octanol–water partition coefficient (Wildman–Crippen LogP) is 3.03. The second kappa shape index (κ2) is 8.87. The number of hydrogen-bond donors (Lipinski definition) is 2. The summed E-state index contributed by atoms with van der Waals surface area (Å²) in [5, 5.41) is 5.69. The van der Waals surface area contributed by atoms with Crippen molar-refractivity contribution in [3.05, 3.63) is 71.3 Å². The van der Waals surface area contributed by atoms with Crippen LogP contribution in [0.3, 0.4) is 0 Å². The summed E-state index contributed by atoms with van der Waals surface area (Å²) in [5.74, 6) is 0.0588. The maximum atomic E-state index is 12.0. The molecule has 2 N–H and O–H groups in total. The van der Waals surface area contributed by atoms with Crippen molar-refractivity contribution in [3.63, 3.8) is 0 Å². The smallest absolute Gasteiger partial charge is 0.251 e. The van der Waals surface area contributed by atoms with Gasteiger partial charge in [-0.25, -0.2) is 0 Å². The highest BCUT2D eigenvalue weighted by atomic mass is 16.2. The van der Waals surface area contributed by atoms with Gasteiger partial charge in [-0.3, -0.25) is 9.59 Å². The van der Waals surface area contributed by atoms with Gasteiger partial charge in [-0.1, -0.05) is 55.0 Å². The third-order valence-electron chi connectivity index (χ3n) is 3.89. The number of carbonyl (C=O) groups is 2. The molecule has 126 valence electrons. The molecule has 0 fully saturated rings. The van der Waals surface area contributed by atoms with Gasteiger partial charge in [0.2, 0.25) is 5.91 Å². The minimum absolute atomic E-state index is 0.0534. The summed E-state index contributed by atoms with van der Waals surface area (Å²) in [6, 6.07) is 17.5. The van der Waals surface area contributed by atoms with E-state index in [0.717, 1.165) is 5.56 Å². The number of aryl methyl sites for hydroxylation is 1. The average Bonchev–Trinajstić information content (AvgIpc) is 2.60. The summed E-state index contributed by atoms with van der Waals surface area (Å²) in [6.07, 6.45) is 0.277. The van der Waals surface area contributed by atoms with Crippen LogP contribution in [0.1, 0.15) is 40.7 Å². The Morgan fingerprint density at radius 1 is 1.00 bits per heavy atom. The topological polar surface area (TPSA) is 58.2 Å². The van der Waals surface area contributed by atoms with Crippen molar-refractivity contribution in [1.82, 2.24) is 10.6 Å². The van der Waals surface area contributed by atoms with E-state index in [2.05, 4.69) is 29.7 Å². The molecule has 0 radical (unpaired) electrons. The van der Waals surface area contributed by atoms with Crippen LogP contribution < -0.4 is 10.6 Å². The highest BCUT2D eigenvalue weighted by molar-refractivity contribution is 5.94. The van der Waals surface area contributed by atoms with Crippen LogP contribution in [-0.2, 0) is 4.79 Å². The fourth-order valence-electron chi connectivity index (χ4n) is 2.43. The minimum atomic E-state index is -0.149. The molecule has 0 aromatic heterocycles. The maximum Gasteiger partial charge on any atom is 0.251 e. The van der Waals surface area contributed by atoms with Gasteiger partial charge in [0.05, 0.1) is 0 Å². The summed E-state index contributed by atoms with van der Waals surface area (Å²) in [4.78, 5) is 23.9. The van der Waals surface area contributed by atoms with Crippen molar-refractivity contribution in [3.8, 4) is 0 Å². The van der Waals surface area contributed by atoms with Crippen molar-refractivity contribution in [2.24, 2.45) is 0 Å². The number of rotatable bonds is 7. The van der Waals surface area contributed by atoms with Crippen LogP contribution in [0.4, 0.5) is 0 Å². The Bertz CT molecular complexity index is 683. The van der Waals surface area contributed by atoms with E-state index in [1.165, 1.54) is 5.56 Å². The van der Waals surface area contributed by atoms with Gasteiger partial charge in [0, 0.05) is 25.1 Å². The predicted molar refractivity (Wildman–Crippen MR) is 96.0 cm³/mol. The minimum Gasteiger partial charge on any atom is -0.355 e. The first kappa shape index (κ1) is 17.7. The van der Waals surface area contributed by atoms with Crippen LogP contribution in [0.15, 0.2) is 54.6 Å². The summed E-state index contributed by atoms with van der Waals surface area (Å²) >= 11 is 0. The highest BCUT2D eigenvalue weighted by Gasteiger charge is 2.09. The lowest BCUT2D eigenvalue weighted by Crippen LogP contribution is -2.32. The molecule has 0 bridgehead atoms. The molecule has 0 aliphatic rings. The van der Waals surface area contributed by atoms with Crippen molar-refractivity contribution in [1.29, 1.82) is 0 Å². The first-order valence-corrected chi connectivity index (χ1v) is 8.23. The van der Waals surface area contributed by atoms with Gasteiger partial charge < -0.3 is 10.6 Å². The Morgan fingerprint density at radius 3 is 2.46 bits per heavy atom. The molecule has 2 rings (SSSR count). The Labute approximate surface area is 143 Å². The van der Waals surface area contributed by atoms with E-state index in [4.69, 9.17) is 0 Å². The van der Waals surface area contributed by atoms with E-state index in [1.54, 1.807) is 6.07 Å². The number of benzene rings is 2. The molecule has 0 spiro atoms. The Hall–Kier alpha value is -2.62. The van der Waals surface area contributed by atoms with Crippen LogP contribution in [0.25, 0.3) is 0 Å². The van der Waals surface area contributed by atoms with Crippen LogP contribution in [0.2, 0.25) is 0 Å². The van der Waals surface area contributed by atoms with Crippen molar-refractivity contribution < 1.29 is 9.59 Å². The lowest BCUT2D eigenvalue weighted by Gasteiger charge is -2.13. The molecular weight excluding hydrogens is 300 g/mol. The highest BCUT2D eigenvalue weighted by Crippen LogP contribution is 2.12. The summed E-state index contributed by atoms with van der Waals surface area (Å²) in [6.45, 7) is 4.94. The number of carbonyl (C=O) groups excluding carboxylic acids is 2. The van der Waals surface area contributed by atoms with Gasteiger partial charge in [-0.2, -0.15) is 0 Å². The fourth-order valence-corrected chi connectivity index (χ4v) is 2.43. The van der Waals surface area contributed by atoms with Gasteiger partial charge in [0.15, 0.2) is 0 Å². The molecule has 4 nitrogen and oxygen atoms in total. The van der Waals surface area contributed by atoms with Crippen LogP contribution in [0.5, 0.6) is 0 Å². The lowest BCUT2D eigenvalue weighted by atomic mass is 10.0. The van der Waals surface area contributed by atoms with Gasteiger partial charge in [0.1, 0.15) is 0 Å². The van der Waals surface area contributed by atoms with Crippen molar-refractivity contribution in [2.45, 2.75) is 26.2 Å². The van der Waals surface area contributed by atoms with E-state index in [0.29, 0.717) is 18.7 Å². The van der Waals surface area contributed by atoms with Gasteiger partial charge >= 0.3 is 0 Å². The zero-order valence-corrected chi connectivity index (χ0v) is 14.2. The molecule has 2 aromatic carbocycles. The molecule has 1 unspecified atom stereocenters. The van der Waals surface area contributed by atoms with Gasteiger partial charge in [0.25, 0.3) is 5.91 Å². The van der Waals surface area contributed by atoms with E-state index in [9.17, 15) is 9.59 Å². The molecular formula is C20H24N2O2. The van der Waals surface area contributed by atoms with Gasteiger partial charge in [-0.05, 0) is 30.5 Å². The molecule has 2 aromatic rings. The van der Waals surface area contributed by atoms with E-state index < -0.39 is 0 Å². The molecule has 0 heterocycles. The zero-order valence-electron chi connectivity index (χ0n) is 14.2. The SMILES string of the molecule is Cc1cccc(C(=O)NCCC(=O)NCC(C)c2ccccc2)c1. The van der Waals surface area contributed by atoms with Crippen molar-refractivity contribution in [2.75, 3.05) is 13.1 Å². The standard InChI is InChI=1S/C20H24N2O2/c1-15-7-6-10-18(13-15)20(24)21-12-11-19(23)22-14-16(2)17-8-4-3-5-9-17/h3-10,13,16H,11-12,14H2,1-2H3,(H,21,24)(H,22,23). The fraction of sp³-hybridized carbons (Fsp3) is 0.300. The molecule has 0 aliphatic heterocycles. The maximum absolute atomic E-state index is 12.0. The Kier molecular flexibility index (Phi) is 6.55. The van der Waals surface area contributed by atoms with E-state index in [1.807, 2.05) is 43.3 Å². The number of hydrogen-bond acceptors (Lipinski definition) is 2. The molecule has 0 saturated carbocycles. The molecule has 0 saturated heterocycles. The van der Waals surface area contributed by atoms with Crippen LogP contribution in [0, 0.1) is 6.92 Å². The normalized spacial score (nSPS) is 11.6. The van der Waals surface area contributed by atoms with Crippen LogP contribution in [-0.4, -0.2) is 24.9 Å². The summed E-state index contributed by atoms with van der Waals surface area (Å²) in [5.41, 5.74) is 2.86. The zero-order chi connectivity index (χ0) is 17.4. The third-order valence-corrected chi connectivity index (χ3v) is 3.89. The quantitative estimate of drug-likeness (QED) is 0.822. The second-order valence-corrected chi connectivity index (χ2v) is 5.99. The second-order valence-electron chi connectivity index (χ2n) is 5.99. The lowest BCUT2D eigenvalue weighted by molar-refractivity contribution is -0.121. The molecule has 4 heteroatoms. The number of amides is 2. The molecule has 2 amide bonds. The Morgan fingerprint density at radius 2 is 1.75 bits per heavy atom. The summed E-state index contributed by atoms with van der Waals surface area (Å²) < 4.78 is 0. The van der Waals surface area contributed by atoms with Crippen LogP contribution >= 0.6 is 0 Å². The summed E-state index contributed by atoms with van der Waals surface area (Å²) in [7, 11) is 0. The molecule has 0 aliphatic carbocycles. The first-order valence-electron chi connectivity index (χ1n) is 8.23. The third kappa shape index (κ3) is 5.54. The van der Waals surface area contributed by atoms with E-state index >= 15 is 0 Å². The molecule has 1 atom stereocenters. The van der Waals surface area contributed by atoms with E-state index in [-0.39, 0.29) is 24.2 Å². The Balaban J connectivity index is 1.69. The average molecular weight is 324 g/mol.